The number of hydrogen-bond acceptors (Lipinski definition) is 2. The van der Waals surface area contributed by atoms with Crippen molar-refractivity contribution in [3.63, 3.8) is 0 Å². The van der Waals surface area contributed by atoms with Gasteiger partial charge in [-0.2, -0.15) is 0 Å². The highest BCUT2D eigenvalue weighted by atomic mass is 32.2. The van der Waals surface area contributed by atoms with Crippen molar-refractivity contribution >= 4 is 11.8 Å². The van der Waals surface area contributed by atoms with Crippen LogP contribution in [0.15, 0.2) is 29.2 Å². The maximum absolute atomic E-state index is 3.54. The standard InChI is InChI=1S/C17H25NS/c1-18-17(13-5-7-16(19-2)8-6-13)11-15-10-12-3-4-14(15)9-12/h5-8,12,14-15,17-18H,3-4,9-11H2,1-2H3. The molecule has 2 bridgehead atoms. The van der Waals surface area contributed by atoms with Crippen LogP contribution in [0.1, 0.15) is 43.7 Å². The first-order valence-corrected chi connectivity index (χ1v) is 8.84. The van der Waals surface area contributed by atoms with E-state index in [0.29, 0.717) is 6.04 Å². The Morgan fingerprint density at radius 1 is 1.21 bits per heavy atom. The van der Waals surface area contributed by atoms with E-state index in [2.05, 4.69) is 42.9 Å². The third kappa shape index (κ3) is 2.85. The molecule has 19 heavy (non-hydrogen) atoms. The second-order valence-corrected chi connectivity index (χ2v) is 7.16. The molecule has 3 rings (SSSR count). The van der Waals surface area contributed by atoms with Crippen LogP contribution in [0.3, 0.4) is 0 Å². The Bertz CT molecular complexity index is 414. The minimum absolute atomic E-state index is 0.542. The molecule has 0 amide bonds. The zero-order valence-electron chi connectivity index (χ0n) is 12.1. The fourth-order valence-electron chi connectivity index (χ4n) is 4.22. The summed E-state index contributed by atoms with van der Waals surface area (Å²) < 4.78 is 0. The van der Waals surface area contributed by atoms with Crippen LogP contribution in [0.4, 0.5) is 0 Å². The third-order valence-corrected chi connectivity index (χ3v) is 6.03. The lowest BCUT2D eigenvalue weighted by molar-refractivity contribution is 0.284. The van der Waals surface area contributed by atoms with Gasteiger partial charge in [0.1, 0.15) is 0 Å². The summed E-state index contributed by atoms with van der Waals surface area (Å²) in [6.45, 7) is 0. The predicted octanol–water partition coefficient (Wildman–Crippen LogP) is 4.50. The van der Waals surface area contributed by atoms with Crippen molar-refractivity contribution in [1.29, 1.82) is 0 Å². The Labute approximate surface area is 121 Å². The van der Waals surface area contributed by atoms with Crippen LogP contribution in [-0.4, -0.2) is 13.3 Å². The van der Waals surface area contributed by atoms with E-state index in [0.717, 1.165) is 17.8 Å². The van der Waals surface area contributed by atoms with Crippen molar-refractivity contribution in [1.82, 2.24) is 5.32 Å². The molecule has 0 aliphatic heterocycles. The molecule has 1 N–H and O–H groups in total. The molecule has 1 aromatic carbocycles. The van der Waals surface area contributed by atoms with E-state index in [1.54, 1.807) is 0 Å². The largest absolute Gasteiger partial charge is 0.313 e. The van der Waals surface area contributed by atoms with Gasteiger partial charge in [0.25, 0.3) is 0 Å². The summed E-state index contributed by atoms with van der Waals surface area (Å²) in [5.74, 6) is 3.06. The Kier molecular flexibility index (Phi) is 4.18. The topological polar surface area (TPSA) is 12.0 Å². The van der Waals surface area contributed by atoms with Gasteiger partial charge in [-0.25, -0.2) is 0 Å². The van der Waals surface area contributed by atoms with Gasteiger partial charge in [-0.1, -0.05) is 18.6 Å². The lowest BCUT2D eigenvalue weighted by atomic mass is 9.83. The van der Waals surface area contributed by atoms with Crippen molar-refractivity contribution in [2.24, 2.45) is 17.8 Å². The number of thioether (sulfide) groups is 1. The van der Waals surface area contributed by atoms with Gasteiger partial charge < -0.3 is 5.32 Å². The number of hydrogen-bond donors (Lipinski definition) is 1. The maximum atomic E-state index is 3.54. The molecule has 4 unspecified atom stereocenters. The number of rotatable bonds is 5. The summed E-state index contributed by atoms with van der Waals surface area (Å²) in [7, 11) is 2.11. The highest BCUT2D eigenvalue weighted by Crippen LogP contribution is 2.50. The molecule has 2 fully saturated rings. The van der Waals surface area contributed by atoms with Gasteiger partial charge in [-0.15, -0.1) is 11.8 Å². The average Bonchev–Trinajstić information content (AvgIpc) is 3.07. The van der Waals surface area contributed by atoms with E-state index < -0.39 is 0 Å². The molecule has 2 heteroatoms. The van der Waals surface area contributed by atoms with Gasteiger partial charge in [0.05, 0.1) is 0 Å². The van der Waals surface area contributed by atoms with Crippen molar-refractivity contribution in [2.45, 2.75) is 43.0 Å². The molecule has 0 spiro atoms. The predicted molar refractivity (Wildman–Crippen MR) is 83.6 cm³/mol. The number of benzene rings is 1. The average molecular weight is 275 g/mol. The molecule has 4 atom stereocenters. The molecule has 2 saturated carbocycles. The van der Waals surface area contributed by atoms with Gasteiger partial charge >= 0.3 is 0 Å². The van der Waals surface area contributed by atoms with E-state index >= 15 is 0 Å². The minimum atomic E-state index is 0.542. The summed E-state index contributed by atoms with van der Waals surface area (Å²) in [4.78, 5) is 1.36. The summed E-state index contributed by atoms with van der Waals surface area (Å²) in [6.07, 6.45) is 9.49. The van der Waals surface area contributed by atoms with E-state index in [1.165, 1.54) is 42.6 Å². The van der Waals surface area contributed by atoms with Crippen LogP contribution in [0.5, 0.6) is 0 Å². The molecule has 0 saturated heterocycles. The monoisotopic (exact) mass is 275 g/mol. The fraction of sp³-hybridized carbons (Fsp3) is 0.647. The van der Waals surface area contributed by atoms with Crippen molar-refractivity contribution in [3.8, 4) is 0 Å². The van der Waals surface area contributed by atoms with E-state index in [-0.39, 0.29) is 0 Å². The van der Waals surface area contributed by atoms with Gasteiger partial charge in [-0.05, 0) is 74.4 Å². The Hall–Kier alpha value is -0.470. The molecule has 0 aromatic heterocycles. The van der Waals surface area contributed by atoms with Gasteiger partial charge in [-0.3, -0.25) is 0 Å². The van der Waals surface area contributed by atoms with Gasteiger partial charge in [0, 0.05) is 10.9 Å². The third-order valence-electron chi connectivity index (χ3n) is 5.29. The minimum Gasteiger partial charge on any atom is -0.313 e. The van der Waals surface area contributed by atoms with Crippen LogP contribution < -0.4 is 5.32 Å². The first kappa shape index (κ1) is 13.5. The Balaban J connectivity index is 1.66. The van der Waals surface area contributed by atoms with Gasteiger partial charge in [0.2, 0.25) is 0 Å². The molecule has 1 aromatic rings. The SMILES string of the molecule is CNC(CC1CC2CCC1C2)c1ccc(SC)cc1. The number of fused-ring (bicyclic) bond motifs is 2. The molecule has 104 valence electrons. The summed E-state index contributed by atoms with van der Waals surface area (Å²) in [5.41, 5.74) is 1.46. The first-order chi connectivity index (χ1) is 9.30. The molecule has 0 radical (unpaired) electrons. The van der Waals surface area contributed by atoms with Crippen molar-refractivity contribution in [2.75, 3.05) is 13.3 Å². The van der Waals surface area contributed by atoms with Crippen molar-refractivity contribution < 1.29 is 0 Å². The molecular formula is C17H25NS. The van der Waals surface area contributed by atoms with Crippen LogP contribution in [0, 0.1) is 17.8 Å². The first-order valence-electron chi connectivity index (χ1n) is 7.61. The van der Waals surface area contributed by atoms with Crippen LogP contribution in [0.25, 0.3) is 0 Å². The zero-order valence-corrected chi connectivity index (χ0v) is 12.9. The zero-order chi connectivity index (χ0) is 13.2. The van der Waals surface area contributed by atoms with E-state index in [4.69, 9.17) is 0 Å². The van der Waals surface area contributed by atoms with Crippen molar-refractivity contribution in [3.05, 3.63) is 29.8 Å². The lowest BCUT2D eigenvalue weighted by Gasteiger charge is -2.27. The summed E-state index contributed by atoms with van der Waals surface area (Å²) in [6, 6.07) is 9.66. The highest BCUT2D eigenvalue weighted by molar-refractivity contribution is 7.98. The summed E-state index contributed by atoms with van der Waals surface area (Å²) in [5, 5.41) is 3.54. The molecule has 0 heterocycles. The second kappa shape index (κ2) is 5.88. The number of nitrogens with one attached hydrogen (secondary N) is 1. The Morgan fingerprint density at radius 3 is 2.53 bits per heavy atom. The smallest absolute Gasteiger partial charge is 0.0320 e. The quantitative estimate of drug-likeness (QED) is 0.794. The second-order valence-electron chi connectivity index (χ2n) is 6.29. The van der Waals surface area contributed by atoms with Crippen LogP contribution in [0.2, 0.25) is 0 Å². The Morgan fingerprint density at radius 2 is 2.00 bits per heavy atom. The maximum Gasteiger partial charge on any atom is 0.0320 e. The highest BCUT2D eigenvalue weighted by Gasteiger charge is 2.40. The van der Waals surface area contributed by atoms with E-state index in [9.17, 15) is 0 Å². The lowest BCUT2D eigenvalue weighted by Crippen LogP contribution is -2.22. The molecular weight excluding hydrogens is 250 g/mol. The van der Waals surface area contributed by atoms with Gasteiger partial charge in [0.15, 0.2) is 0 Å². The van der Waals surface area contributed by atoms with Crippen LogP contribution >= 0.6 is 11.8 Å². The fourth-order valence-corrected chi connectivity index (χ4v) is 4.63. The molecule has 1 nitrogen and oxygen atoms in total. The molecule has 2 aliphatic carbocycles. The van der Waals surface area contributed by atoms with E-state index in [1.807, 2.05) is 11.8 Å². The summed E-state index contributed by atoms with van der Waals surface area (Å²) >= 11 is 1.82. The molecule has 2 aliphatic rings. The normalized spacial score (nSPS) is 30.7. The van der Waals surface area contributed by atoms with Crippen LogP contribution in [-0.2, 0) is 0 Å².